The standard InChI is InChI=1S/C20H27FN2O/c1-19(2,3)17(20(4,5)6)15-11-9-12-13(18(24)22-7)8-10-14(21)16(12)23-15/h8-11,17H,1-7H3,(H,22,24). The van der Waals surface area contributed by atoms with Crippen LogP contribution in [0, 0.1) is 16.6 Å². The van der Waals surface area contributed by atoms with Gasteiger partial charge in [-0.05, 0) is 29.0 Å². The van der Waals surface area contributed by atoms with Crippen LogP contribution in [0.15, 0.2) is 24.3 Å². The van der Waals surface area contributed by atoms with Crippen LogP contribution in [0.5, 0.6) is 0 Å². The van der Waals surface area contributed by atoms with E-state index in [-0.39, 0.29) is 28.2 Å². The highest BCUT2D eigenvalue weighted by atomic mass is 19.1. The van der Waals surface area contributed by atoms with Gasteiger partial charge in [0.25, 0.3) is 5.91 Å². The van der Waals surface area contributed by atoms with E-state index in [4.69, 9.17) is 0 Å². The molecule has 0 radical (unpaired) electrons. The number of halogens is 1. The third kappa shape index (κ3) is 3.42. The smallest absolute Gasteiger partial charge is 0.251 e. The van der Waals surface area contributed by atoms with Gasteiger partial charge in [-0.15, -0.1) is 0 Å². The Morgan fingerprint density at radius 2 is 1.62 bits per heavy atom. The highest BCUT2D eigenvalue weighted by Gasteiger charge is 2.37. The average Bonchev–Trinajstić information content (AvgIpc) is 2.44. The number of aromatic nitrogens is 1. The van der Waals surface area contributed by atoms with E-state index in [1.54, 1.807) is 7.05 Å². The van der Waals surface area contributed by atoms with Crippen LogP contribution < -0.4 is 5.32 Å². The summed E-state index contributed by atoms with van der Waals surface area (Å²) in [5, 5.41) is 3.13. The minimum Gasteiger partial charge on any atom is -0.355 e. The molecule has 0 spiro atoms. The Hall–Kier alpha value is -1.97. The number of carbonyl (C=O) groups excluding carboxylic acids is 1. The van der Waals surface area contributed by atoms with Gasteiger partial charge in [0.2, 0.25) is 0 Å². The van der Waals surface area contributed by atoms with Crippen molar-refractivity contribution in [3.8, 4) is 0 Å². The summed E-state index contributed by atoms with van der Waals surface area (Å²) in [5.74, 6) is -0.490. The highest BCUT2D eigenvalue weighted by Crippen LogP contribution is 2.47. The lowest BCUT2D eigenvalue weighted by atomic mass is 9.65. The second-order valence-corrected chi connectivity index (χ2v) is 8.47. The number of rotatable bonds is 2. The first kappa shape index (κ1) is 18.4. The van der Waals surface area contributed by atoms with Crippen LogP contribution in [0.1, 0.15) is 63.5 Å². The number of amides is 1. The summed E-state index contributed by atoms with van der Waals surface area (Å²) in [6.45, 7) is 13.0. The second-order valence-electron chi connectivity index (χ2n) is 8.47. The lowest BCUT2D eigenvalue weighted by Crippen LogP contribution is -2.31. The number of pyridine rings is 1. The predicted molar refractivity (Wildman–Crippen MR) is 96.7 cm³/mol. The first-order chi connectivity index (χ1) is 11.0. The predicted octanol–water partition coefficient (Wildman–Crippen LogP) is 4.91. The molecule has 2 aromatic rings. The van der Waals surface area contributed by atoms with Crippen LogP contribution >= 0.6 is 0 Å². The summed E-state index contributed by atoms with van der Waals surface area (Å²) in [4.78, 5) is 16.6. The van der Waals surface area contributed by atoms with Crippen molar-refractivity contribution in [2.75, 3.05) is 7.05 Å². The summed E-state index contributed by atoms with van der Waals surface area (Å²) in [6.07, 6.45) is 0. The fourth-order valence-electron chi connectivity index (χ4n) is 3.88. The Labute approximate surface area is 143 Å². The number of hydrogen-bond donors (Lipinski definition) is 1. The molecule has 1 aromatic heterocycles. The Morgan fingerprint density at radius 1 is 1.04 bits per heavy atom. The van der Waals surface area contributed by atoms with Gasteiger partial charge in [-0.3, -0.25) is 4.79 Å². The molecule has 0 saturated carbocycles. The Bertz CT molecular complexity index is 756. The monoisotopic (exact) mass is 330 g/mol. The lowest BCUT2D eigenvalue weighted by molar-refractivity contribution is 0.0964. The van der Waals surface area contributed by atoms with Gasteiger partial charge in [-0.2, -0.15) is 0 Å². The minimum atomic E-state index is -0.402. The minimum absolute atomic E-state index is 0.0200. The lowest BCUT2D eigenvalue weighted by Gasteiger charge is -2.40. The third-order valence-corrected chi connectivity index (χ3v) is 4.33. The van der Waals surface area contributed by atoms with E-state index >= 15 is 0 Å². The van der Waals surface area contributed by atoms with Gasteiger partial charge in [0.15, 0.2) is 0 Å². The molecule has 2 rings (SSSR count). The topological polar surface area (TPSA) is 42.0 Å². The molecule has 130 valence electrons. The summed E-state index contributed by atoms with van der Waals surface area (Å²) in [5.41, 5.74) is 1.51. The summed E-state index contributed by atoms with van der Waals surface area (Å²) < 4.78 is 14.4. The molecule has 4 heteroatoms. The number of nitrogens with zero attached hydrogens (tertiary/aromatic N) is 1. The summed E-state index contributed by atoms with van der Waals surface area (Å²) >= 11 is 0. The highest BCUT2D eigenvalue weighted by molar-refractivity contribution is 6.06. The Balaban J connectivity index is 2.71. The first-order valence-electron chi connectivity index (χ1n) is 8.28. The molecule has 0 fully saturated rings. The van der Waals surface area contributed by atoms with Crippen LogP contribution in [0.2, 0.25) is 0 Å². The molecule has 0 saturated heterocycles. The molecule has 0 aliphatic heterocycles. The average molecular weight is 330 g/mol. The quantitative estimate of drug-likeness (QED) is 0.850. The molecule has 0 aliphatic rings. The fraction of sp³-hybridized carbons (Fsp3) is 0.500. The van der Waals surface area contributed by atoms with Crippen molar-refractivity contribution in [1.82, 2.24) is 10.3 Å². The van der Waals surface area contributed by atoms with Gasteiger partial charge in [-0.1, -0.05) is 47.6 Å². The van der Waals surface area contributed by atoms with Gasteiger partial charge < -0.3 is 5.32 Å². The SMILES string of the molecule is CNC(=O)c1ccc(F)c2nc(C(C(C)(C)C)C(C)(C)C)ccc12. The number of carbonyl (C=O) groups is 1. The molecule has 0 bridgehead atoms. The van der Waals surface area contributed by atoms with Crippen molar-refractivity contribution in [3.05, 3.63) is 41.3 Å². The Morgan fingerprint density at radius 3 is 2.12 bits per heavy atom. The molecule has 0 atom stereocenters. The number of hydrogen-bond acceptors (Lipinski definition) is 2. The molecular formula is C20H27FN2O. The molecule has 0 unspecified atom stereocenters. The van der Waals surface area contributed by atoms with Crippen molar-refractivity contribution >= 4 is 16.8 Å². The van der Waals surface area contributed by atoms with Gasteiger partial charge in [-0.25, -0.2) is 9.37 Å². The van der Waals surface area contributed by atoms with Crippen molar-refractivity contribution in [2.24, 2.45) is 10.8 Å². The summed E-state index contributed by atoms with van der Waals surface area (Å²) in [7, 11) is 1.56. The van der Waals surface area contributed by atoms with Crippen LogP contribution in [0.4, 0.5) is 4.39 Å². The molecule has 24 heavy (non-hydrogen) atoms. The van der Waals surface area contributed by atoms with Gasteiger partial charge >= 0.3 is 0 Å². The van der Waals surface area contributed by atoms with Crippen molar-refractivity contribution < 1.29 is 9.18 Å². The second kappa shape index (κ2) is 6.15. The van der Waals surface area contributed by atoms with Crippen LogP contribution in [0.25, 0.3) is 10.9 Å². The van der Waals surface area contributed by atoms with Crippen molar-refractivity contribution in [3.63, 3.8) is 0 Å². The molecule has 1 heterocycles. The maximum Gasteiger partial charge on any atom is 0.251 e. The fourth-order valence-corrected chi connectivity index (χ4v) is 3.88. The van der Waals surface area contributed by atoms with E-state index < -0.39 is 5.82 Å². The van der Waals surface area contributed by atoms with Gasteiger partial charge in [0.1, 0.15) is 11.3 Å². The van der Waals surface area contributed by atoms with Crippen LogP contribution in [-0.2, 0) is 0 Å². The normalized spacial score (nSPS) is 12.7. The van der Waals surface area contributed by atoms with Crippen molar-refractivity contribution in [1.29, 1.82) is 0 Å². The molecule has 0 aliphatic carbocycles. The largest absolute Gasteiger partial charge is 0.355 e. The van der Waals surface area contributed by atoms with E-state index in [0.717, 1.165) is 5.69 Å². The summed E-state index contributed by atoms with van der Waals surface area (Å²) in [6, 6.07) is 6.56. The zero-order chi connectivity index (χ0) is 18.3. The maximum absolute atomic E-state index is 14.4. The molecule has 1 aromatic carbocycles. The molecule has 3 nitrogen and oxygen atoms in total. The zero-order valence-corrected chi connectivity index (χ0v) is 15.6. The van der Waals surface area contributed by atoms with Gasteiger partial charge in [0, 0.05) is 29.6 Å². The number of nitrogens with one attached hydrogen (secondary N) is 1. The van der Waals surface area contributed by atoms with E-state index in [1.165, 1.54) is 12.1 Å². The van der Waals surface area contributed by atoms with E-state index in [0.29, 0.717) is 10.9 Å². The molecular weight excluding hydrogens is 303 g/mol. The van der Waals surface area contributed by atoms with Gasteiger partial charge in [0.05, 0.1) is 0 Å². The number of fused-ring (bicyclic) bond motifs is 1. The van der Waals surface area contributed by atoms with E-state index in [9.17, 15) is 9.18 Å². The van der Waals surface area contributed by atoms with E-state index in [2.05, 4.69) is 51.8 Å². The molecule has 1 amide bonds. The van der Waals surface area contributed by atoms with Crippen LogP contribution in [0.3, 0.4) is 0 Å². The number of benzene rings is 1. The Kier molecular flexibility index (Phi) is 4.71. The van der Waals surface area contributed by atoms with E-state index in [1.807, 2.05) is 12.1 Å². The van der Waals surface area contributed by atoms with Crippen LogP contribution in [-0.4, -0.2) is 17.9 Å². The zero-order valence-electron chi connectivity index (χ0n) is 15.6. The van der Waals surface area contributed by atoms with Crippen molar-refractivity contribution in [2.45, 2.75) is 47.5 Å². The molecule has 1 N–H and O–H groups in total. The first-order valence-corrected chi connectivity index (χ1v) is 8.28. The maximum atomic E-state index is 14.4. The third-order valence-electron chi connectivity index (χ3n) is 4.33.